The van der Waals surface area contributed by atoms with E-state index in [9.17, 15) is 14.4 Å². The number of nitrogens with one attached hydrogen (secondary N) is 1. The molecule has 0 bridgehead atoms. The first kappa shape index (κ1) is 14.2. The SMILES string of the molecule is CC(=O)C(=O)Nc1cnn(C)c1C(=O)N1CCCCC1. The average Bonchev–Trinajstić information content (AvgIpc) is 2.80. The summed E-state index contributed by atoms with van der Waals surface area (Å²) in [5.74, 6) is -1.51. The summed E-state index contributed by atoms with van der Waals surface area (Å²) in [6, 6.07) is 0. The fraction of sp³-hybridized carbons (Fsp3) is 0.538. The van der Waals surface area contributed by atoms with E-state index in [0.717, 1.165) is 19.3 Å². The van der Waals surface area contributed by atoms with Crippen LogP contribution in [-0.2, 0) is 16.6 Å². The van der Waals surface area contributed by atoms with Crippen molar-refractivity contribution in [2.45, 2.75) is 26.2 Å². The maximum Gasteiger partial charge on any atom is 0.291 e. The second-order valence-electron chi connectivity index (χ2n) is 4.89. The maximum absolute atomic E-state index is 12.5. The quantitative estimate of drug-likeness (QED) is 0.819. The van der Waals surface area contributed by atoms with Gasteiger partial charge in [-0.15, -0.1) is 0 Å². The Morgan fingerprint density at radius 2 is 1.85 bits per heavy atom. The van der Waals surface area contributed by atoms with E-state index in [1.807, 2.05) is 0 Å². The summed E-state index contributed by atoms with van der Waals surface area (Å²) in [6.07, 6.45) is 4.48. The number of anilines is 1. The predicted molar refractivity (Wildman–Crippen MR) is 72.3 cm³/mol. The monoisotopic (exact) mass is 278 g/mol. The molecular formula is C13H18N4O3. The Balaban J connectivity index is 2.22. The molecule has 1 aromatic heterocycles. The van der Waals surface area contributed by atoms with Crippen LogP contribution in [0.5, 0.6) is 0 Å². The van der Waals surface area contributed by atoms with E-state index >= 15 is 0 Å². The summed E-state index contributed by atoms with van der Waals surface area (Å²) in [5.41, 5.74) is 0.588. The van der Waals surface area contributed by atoms with Crippen molar-refractivity contribution in [1.29, 1.82) is 0 Å². The van der Waals surface area contributed by atoms with Gasteiger partial charge in [0.05, 0.1) is 11.9 Å². The summed E-state index contributed by atoms with van der Waals surface area (Å²) in [5, 5.41) is 6.42. The number of aryl methyl sites for hydroxylation is 1. The lowest BCUT2D eigenvalue weighted by Crippen LogP contribution is -2.37. The van der Waals surface area contributed by atoms with Gasteiger partial charge in [-0.1, -0.05) is 0 Å². The Bertz CT molecular complexity index is 544. The molecule has 1 aromatic rings. The number of piperidine rings is 1. The smallest absolute Gasteiger partial charge is 0.291 e. The van der Waals surface area contributed by atoms with Gasteiger partial charge in [0.2, 0.25) is 5.78 Å². The molecule has 0 spiro atoms. The summed E-state index contributed by atoms with van der Waals surface area (Å²) < 4.78 is 1.42. The lowest BCUT2D eigenvalue weighted by Gasteiger charge is -2.26. The number of nitrogens with zero attached hydrogens (tertiary/aromatic N) is 3. The predicted octanol–water partition coefficient (Wildman–Crippen LogP) is 0.574. The van der Waals surface area contributed by atoms with E-state index in [1.165, 1.54) is 17.8 Å². The number of likely N-dealkylation sites (tertiary alicyclic amines) is 1. The van der Waals surface area contributed by atoms with Gasteiger partial charge in [0, 0.05) is 27.1 Å². The van der Waals surface area contributed by atoms with Crippen molar-refractivity contribution >= 4 is 23.3 Å². The third-order valence-corrected chi connectivity index (χ3v) is 3.35. The van der Waals surface area contributed by atoms with Gasteiger partial charge in [0.15, 0.2) is 0 Å². The fourth-order valence-corrected chi connectivity index (χ4v) is 2.24. The molecule has 1 aliphatic rings. The van der Waals surface area contributed by atoms with Gasteiger partial charge < -0.3 is 10.2 Å². The van der Waals surface area contributed by atoms with Crippen LogP contribution < -0.4 is 5.32 Å². The van der Waals surface area contributed by atoms with Crippen LogP contribution in [0.1, 0.15) is 36.7 Å². The zero-order valence-electron chi connectivity index (χ0n) is 11.7. The second-order valence-corrected chi connectivity index (χ2v) is 4.89. The highest BCUT2D eigenvalue weighted by atomic mass is 16.2. The normalized spacial score (nSPS) is 15.0. The van der Waals surface area contributed by atoms with Crippen LogP contribution >= 0.6 is 0 Å². The third-order valence-electron chi connectivity index (χ3n) is 3.35. The number of carbonyl (C=O) groups excluding carboxylic acids is 3. The summed E-state index contributed by atoms with van der Waals surface area (Å²) in [6.45, 7) is 2.60. The molecule has 0 unspecified atom stereocenters. The van der Waals surface area contributed by atoms with Crippen LogP contribution in [0.2, 0.25) is 0 Å². The van der Waals surface area contributed by atoms with Crippen molar-refractivity contribution in [3.63, 3.8) is 0 Å². The Morgan fingerprint density at radius 1 is 1.20 bits per heavy atom. The first-order chi connectivity index (χ1) is 9.50. The van der Waals surface area contributed by atoms with Crippen molar-refractivity contribution in [2.24, 2.45) is 7.05 Å². The second kappa shape index (κ2) is 5.85. The summed E-state index contributed by atoms with van der Waals surface area (Å²) in [7, 11) is 1.64. The highest BCUT2D eigenvalue weighted by molar-refractivity contribution is 6.40. The van der Waals surface area contributed by atoms with Crippen molar-refractivity contribution in [3.8, 4) is 0 Å². The molecule has 2 heterocycles. The van der Waals surface area contributed by atoms with E-state index in [-0.39, 0.29) is 11.6 Å². The van der Waals surface area contributed by atoms with E-state index in [0.29, 0.717) is 18.8 Å². The number of aromatic nitrogens is 2. The minimum absolute atomic E-state index is 0.163. The van der Waals surface area contributed by atoms with Crippen molar-refractivity contribution in [2.75, 3.05) is 18.4 Å². The summed E-state index contributed by atoms with van der Waals surface area (Å²) in [4.78, 5) is 36.7. The van der Waals surface area contributed by atoms with Gasteiger partial charge in [-0.05, 0) is 19.3 Å². The zero-order valence-corrected chi connectivity index (χ0v) is 11.7. The first-order valence-electron chi connectivity index (χ1n) is 6.64. The maximum atomic E-state index is 12.5. The largest absolute Gasteiger partial charge is 0.337 e. The Hall–Kier alpha value is -2.18. The third kappa shape index (κ3) is 2.87. The number of hydrogen-bond acceptors (Lipinski definition) is 4. The van der Waals surface area contributed by atoms with Gasteiger partial charge >= 0.3 is 0 Å². The molecule has 2 rings (SSSR count). The van der Waals surface area contributed by atoms with Crippen LogP contribution in [0.15, 0.2) is 6.20 Å². The number of hydrogen-bond donors (Lipinski definition) is 1. The van der Waals surface area contributed by atoms with E-state index in [1.54, 1.807) is 11.9 Å². The van der Waals surface area contributed by atoms with E-state index in [4.69, 9.17) is 0 Å². The topological polar surface area (TPSA) is 84.3 Å². The van der Waals surface area contributed by atoms with Gasteiger partial charge in [0.25, 0.3) is 11.8 Å². The standard InChI is InChI=1S/C13H18N4O3/c1-9(18)12(19)15-10-8-14-16(2)11(10)13(20)17-6-4-3-5-7-17/h8H,3-7H2,1-2H3,(H,15,19). The van der Waals surface area contributed by atoms with E-state index < -0.39 is 11.7 Å². The van der Waals surface area contributed by atoms with Crippen molar-refractivity contribution in [1.82, 2.24) is 14.7 Å². The minimum atomic E-state index is -0.745. The molecule has 1 saturated heterocycles. The Kier molecular flexibility index (Phi) is 4.16. The molecule has 0 atom stereocenters. The number of Topliss-reactive ketones (excluding diaryl/α,β-unsaturated/α-hetero) is 1. The molecule has 0 radical (unpaired) electrons. The summed E-state index contributed by atoms with van der Waals surface area (Å²) >= 11 is 0. The molecule has 1 aliphatic heterocycles. The van der Waals surface area contributed by atoms with Crippen LogP contribution in [0.3, 0.4) is 0 Å². The molecule has 0 saturated carbocycles. The van der Waals surface area contributed by atoms with Gasteiger partial charge in [-0.3, -0.25) is 19.1 Å². The van der Waals surface area contributed by atoms with Crippen LogP contribution in [0.25, 0.3) is 0 Å². The molecule has 0 aliphatic carbocycles. The molecule has 20 heavy (non-hydrogen) atoms. The highest BCUT2D eigenvalue weighted by Gasteiger charge is 2.25. The zero-order chi connectivity index (χ0) is 14.7. The van der Waals surface area contributed by atoms with E-state index in [2.05, 4.69) is 10.4 Å². The van der Waals surface area contributed by atoms with Crippen LogP contribution in [-0.4, -0.2) is 45.4 Å². The molecule has 7 heteroatoms. The molecular weight excluding hydrogens is 260 g/mol. The lowest BCUT2D eigenvalue weighted by molar-refractivity contribution is -0.133. The van der Waals surface area contributed by atoms with Crippen molar-refractivity contribution in [3.05, 3.63) is 11.9 Å². The average molecular weight is 278 g/mol. The molecule has 1 fully saturated rings. The Morgan fingerprint density at radius 3 is 2.45 bits per heavy atom. The van der Waals surface area contributed by atoms with Crippen LogP contribution in [0, 0.1) is 0 Å². The number of carbonyl (C=O) groups is 3. The van der Waals surface area contributed by atoms with Crippen LogP contribution in [0.4, 0.5) is 5.69 Å². The number of ketones is 1. The first-order valence-corrected chi connectivity index (χ1v) is 6.64. The number of rotatable bonds is 3. The fourth-order valence-electron chi connectivity index (χ4n) is 2.24. The lowest BCUT2D eigenvalue weighted by atomic mass is 10.1. The molecule has 108 valence electrons. The molecule has 1 N–H and O–H groups in total. The Labute approximate surface area is 116 Å². The molecule has 2 amide bonds. The molecule has 7 nitrogen and oxygen atoms in total. The molecule has 0 aromatic carbocycles. The van der Waals surface area contributed by atoms with Crippen molar-refractivity contribution < 1.29 is 14.4 Å². The minimum Gasteiger partial charge on any atom is -0.337 e. The number of amides is 2. The highest BCUT2D eigenvalue weighted by Crippen LogP contribution is 2.19. The van der Waals surface area contributed by atoms with Gasteiger partial charge in [0.1, 0.15) is 5.69 Å². The van der Waals surface area contributed by atoms with Gasteiger partial charge in [-0.25, -0.2) is 0 Å². The van der Waals surface area contributed by atoms with Gasteiger partial charge in [-0.2, -0.15) is 5.10 Å².